The van der Waals surface area contributed by atoms with Gasteiger partial charge in [-0.3, -0.25) is 0 Å². The highest BCUT2D eigenvalue weighted by atomic mass is 79.9. The molecular weight excluding hydrogens is 378 g/mol. The van der Waals surface area contributed by atoms with E-state index in [1.54, 1.807) is 7.11 Å². The highest BCUT2D eigenvalue weighted by molar-refractivity contribution is 8.93. The molecule has 2 aromatic carbocycles. The summed E-state index contributed by atoms with van der Waals surface area (Å²) < 4.78 is 5.32. The summed E-state index contributed by atoms with van der Waals surface area (Å²) in [5.74, 6) is 1.30. The molecule has 0 unspecified atom stereocenters. The van der Waals surface area contributed by atoms with Crippen molar-refractivity contribution < 1.29 is 4.74 Å². The Kier molecular flexibility index (Phi) is 8.49. The Balaban J connectivity index is 0.00000312. The number of methoxy groups -OCH3 is 1. The van der Waals surface area contributed by atoms with Crippen LogP contribution in [0.15, 0.2) is 59.6 Å². The molecule has 136 valence electrons. The number of halogens is 1. The molecule has 25 heavy (non-hydrogen) atoms. The van der Waals surface area contributed by atoms with Crippen LogP contribution in [0.5, 0.6) is 5.75 Å². The topological polar surface area (TPSA) is 59.6 Å². The van der Waals surface area contributed by atoms with Crippen LogP contribution < -0.4 is 15.8 Å². The summed E-state index contributed by atoms with van der Waals surface area (Å²) in [6.45, 7) is 5.77. The lowest BCUT2D eigenvalue weighted by molar-refractivity contribution is 0.410. The summed E-state index contributed by atoms with van der Waals surface area (Å²) in [6.07, 6.45) is 0.974. The fourth-order valence-electron chi connectivity index (χ4n) is 2.60. The molecule has 0 aliphatic rings. The third kappa shape index (κ3) is 6.42. The maximum atomic E-state index is 5.98. The van der Waals surface area contributed by atoms with E-state index < -0.39 is 0 Å². The van der Waals surface area contributed by atoms with Crippen LogP contribution in [0.25, 0.3) is 0 Å². The normalized spacial score (nSPS) is 11.6. The number of nitrogens with zero attached hydrogens (tertiary/aromatic N) is 1. The number of ether oxygens (including phenoxy) is 1. The second-order valence-corrected chi connectivity index (χ2v) is 6.44. The summed E-state index contributed by atoms with van der Waals surface area (Å²) >= 11 is 0. The van der Waals surface area contributed by atoms with Crippen LogP contribution in [0.2, 0.25) is 0 Å². The first kappa shape index (κ1) is 21.0. The van der Waals surface area contributed by atoms with Crippen molar-refractivity contribution in [1.29, 1.82) is 0 Å². The number of nitrogens with two attached hydrogens (primary N) is 1. The largest absolute Gasteiger partial charge is 0.496 e. The zero-order chi connectivity index (χ0) is 17.4. The molecule has 0 bridgehead atoms. The monoisotopic (exact) mass is 405 g/mol. The van der Waals surface area contributed by atoms with Crippen molar-refractivity contribution in [3.8, 4) is 5.75 Å². The second-order valence-electron chi connectivity index (χ2n) is 6.44. The van der Waals surface area contributed by atoms with Gasteiger partial charge < -0.3 is 15.8 Å². The van der Waals surface area contributed by atoms with Gasteiger partial charge in [-0.25, -0.2) is 4.99 Å². The molecule has 4 nitrogen and oxygen atoms in total. The van der Waals surface area contributed by atoms with E-state index in [1.807, 2.05) is 30.3 Å². The fourth-order valence-corrected chi connectivity index (χ4v) is 2.60. The third-order valence-corrected chi connectivity index (χ3v) is 4.22. The number of rotatable bonds is 7. The number of hydrogen-bond acceptors (Lipinski definition) is 2. The molecule has 3 N–H and O–H groups in total. The van der Waals surface area contributed by atoms with Crippen LogP contribution in [-0.4, -0.2) is 19.6 Å². The minimum atomic E-state index is 0. The first-order chi connectivity index (χ1) is 11.5. The van der Waals surface area contributed by atoms with Crippen LogP contribution in [0.1, 0.15) is 31.4 Å². The predicted octanol–water partition coefficient (Wildman–Crippen LogP) is 4.05. The Bertz CT molecular complexity index is 672. The highest BCUT2D eigenvalue weighted by Gasteiger charge is 2.19. The summed E-state index contributed by atoms with van der Waals surface area (Å²) in [6, 6.07) is 18.4. The van der Waals surface area contributed by atoms with Crippen molar-refractivity contribution in [2.24, 2.45) is 10.7 Å². The summed E-state index contributed by atoms with van der Waals surface area (Å²) in [4.78, 5) is 4.40. The van der Waals surface area contributed by atoms with Crippen LogP contribution >= 0.6 is 17.0 Å². The van der Waals surface area contributed by atoms with Crippen LogP contribution in [0.3, 0.4) is 0 Å². The van der Waals surface area contributed by atoms with Gasteiger partial charge in [0.25, 0.3) is 0 Å². The average molecular weight is 406 g/mol. The Morgan fingerprint density at radius 1 is 1.08 bits per heavy atom. The maximum Gasteiger partial charge on any atom is 0.188 e. The smallest absolute Gasteiger partial charge is 0.188 e. The Labute approximate surface area is 161 Å². The second kappa shape index (κ2) is 10.1. The van der Waals surface area contributed by atoms with E-state index in [0.29, 0.717) is 12.5 Å². The first-order valence-corrected chi connectivity index (χ1v) is 8.24. The molecular formula is C20H28BrN3O. The molecule has 2 rings (SSSR count). The molecule has 0 fully saturated rings. The third-order valence-electron chi connectivity index (χ3n) is 4.22. The molecule has 0 radical (unpaired) electrons. The zero-order valence-corrected chi connectivity index (χ0v) is 16.9. The van der Waals surface area contributed by atoms with E-state index in [9.17, 15) is 0 Å². The molecule has 0 saturated carbocycles. The summed E-state index contributed by atoms with van der Waals surface area (Å²) in [5, 5.41) is 3.20. The van der Waals surface area contributed by atoms with Gasteiger partial charge in [-0.2, -0.15) is 0 Å². The summed E-state index contributed by atoms with van der Waals surface area (Å²) in [5.41, 5.74) is 8.43. The lowest BCUT2D eigenvalue weighted by atomic mass is 9.82. The van der Waals surface area contributed by atoms with Crippen molar-refractivity contribution in [2.45, 2.75) is 32.2 Å². The number of para-hydroxylation sites is 1. The van der Waals surface area contributed by atoms with Crippen LogP contribution in [0, 0.1) is 0 Å². The number of nitrogens with one attached hydrogen (secondary N) is 1. The number of aliphatic imine (C=N–C) groups is 1. The lowest BCUT2D eigenvalue weighted by Crippen LogP contribution is -2.35. The molecule has 0 aliphatic heterocycles. The molecule has 0 heterocycles. The van der Waals surface area contributed by atoms with Gasteiger partial charge in [0.1, 0.15) is 5.75 Å². The zero-order valence-electron chi connectivity index (χ0n) is 15.2. The maximum absolute atomic E-state index is 5.98. The summed E-state index contributed by atoms with van der Waals surface area (Å²) in [7, 11) is 1.66. The van der Waals surface area contributed by atoms with E-state index in [4.69, 9.17) is 10.5 Å². The van der Waals surface area contributed by atoms with Crippen molar-refractivity contribution in [3.05, 3.63) is 65.7 Å². The van der Waals surface area contributed by atoms with Crippen molar-refractivity contribution in [3.63, 3.8) is 0 Å². The molecule has 0 saturated heterocycles. The van der Waals surface area contributed by atoms with Crippen molar-refractivity contribution >= 4 is 22.9 Å². The van der Waals surface area contributed by atoms with Gasteiger partial charge in [-0.05, 0) is 23.5 Å². The van der Waals surface area contributed by atoms with E-state index in [2.05, 4.69) is 48.4 Å². The van der Waals surface area contributed by atoms with Crippen molar-refractivity contribution in [1.82, 2.24) is 5.32 Å². The molecule has 0 spiro atoms. The van der Waals surface area contributed by atoms with Gasteiger partial charge in [-0.15, -0.1) is 17.0 Å². The quantitative estimate of drug-likeness (QED) is 0.539. The number of benzene rings is 2. The van der Waals surface area contributed by atoms with Crippen LogP contribution in [-0.2, 0) is 12.0 Å². The van der Waals surface area contributed by atoms with Gasteiger partial charge in [-0.1, -0.05) is 62.4 Å². The Morgan fingerprint density at radius 3 is 2.40 bits per heavy atom. The minimum Gasteiger partial charge on any atom is -0.496 e. The van der Waals surface area contributed by atoms with Crippen LogP contribution in [0.4, 0.5) is 0 Å². The Morgan fingerprint density at radius 2 is 1.72 bits per heavy atom. The Hall–Kier alpha value is -2.01. The number of hydrogen-bond donors (Lipinski definition) is 2. The van der Waals surface area contributed by atoms with E-state index >= 15 is 0 Å². The van der Waals surface area contributed by atoms with Gasteiger partial charge in [0.2, 0.25) is 0 Å². The average Bonchev–Trinajstić information content (AvgIpc) is 2.61. The molecule has 0 amide bonds. The van der Waals surface area contributed by atoms with Gasteiger partial charge in [0.15, 0.2) is 5.96 Å². The lowest BCUT2D eigenvalue weighted by Gasteiger charge is -2.25. The predicted molar refractivity (Wildman–Crippen MR) is 111 cm³/mol. The van der Waals surface area contributed by atoms with E-state index in [-0.39, 0.29) is 22.4 Å². The standard InChI is InChI=1S/C20H27N3O.BrH/c1-20(2,17-10-5-4-6-11-17)13-14-22-19(21)23-15-16-9-7-8-12-18(16)24-3;/h4-12H,13-15H2,1-3H3,(H3,21,22,23);1H. The molecule has 5 heteroatoms. The molecule has 2 aromatic rings. The fraction of sp³-hybridized carbons (Fsp3) is 0.350. The van der Waals surface area contributed by atoms with E-state index in [0.717, 1.165) is 24.3 Å². The van der Waals surface area contributed by atoms with Gasteiger partial charge in [0, 0.05) is 12.1 Å². The number of guanidine groups is 1. The molecule has 0 aromatic heterocycles. The van der Waals surface area contributed by atoms with Crippen molar-refractivity contribution in [2.75, 3.05) is 13.7 Å². The minimum absolute atomic E-state index is 0. The van der Waals surface area contributed by atoms with Gasteiger partial charge >= 0.3 is 0 Å². The van der Waals surface area contributed by atoms with E-state index in [1.165, 1.54) is 5.56 Å². The SMILES string of the molecule is Br.COc1ccccc1CN=C(N)NCCC(C)(C)c1ccccc1. The highest BCUT2D eigenvalue weighted by Crippen LogP contribution is 2.26. The molecule has 0 aliphatic carbocycles. The molecule has 0 atom stereocenters. The first-order valence-electron chi connectivity index (χ1n) is 8.24. The van der Waals surface area contributed by atoms with Gasteiger partial charge in [0.05, 0.1) is 13.7 Å².